The van der Waals surface area contributed by atoms with Gasteiger partial charge in [0, 0.05) is 24.1 Å². The smallest absolute Gasteiger partial charge is 0.273 e. The zero-order chi connectivity index (χ0) is 30.0. The number of hydrazine groups is 1. The maximum absolute atomic E-state index is 13.1. The van der Waals surface area contributed by atoms with E-state index in [9.17, 15) is 4.79 Å². The summed E-state index contributed by atoms with van der Waals surface area (Å²) in [5.41, 5.74) is 11.3. The zero-order valence-electron chi connectivity index (χ0n) is 24.1. The summed E-state index contributed by atoms with van der Waals surface area (Å²) in [6.07, 6.45) is 0.926. The minimum absolute atomic E-state index is 0.0457. The number of hydrogen-bond acceptors (Lipinski definition) is 7. The molecule has 0 fully saturated rings. The van der Waals surface area contributed by atoms with Crippen LogP contribution in [0, 0.1) is 6.92 Å². The number of carbonyl (C=O) groups excluding carboxylic acids is 1. The first-order valence-corrected chi connectivity index (χ1v) is 14.1. The second-order valence-electron chi connectivity index (χ2n) is 10.1. The first-order chi connectivity index (χ1) is 21.0. The third-order valence-electron chi connectivity index (χ3n) is 6.92. The first-order valence-electron chi connectivity index (χ1n) is 14.1. The molecule has 5 aromatic rings. The third kappa shape index (κ3) is 7.90. The number of aromatic nitrogens is 1. The van der Waals surface area contributed by atoms with Crippen LogP contribution in [0.1, 0.15) is 22.6 Å². The van der Waals surface area contributed by atoms with Crippen LogP contribution in [0.3, 0.4) is 0 Å². The summed E-state index contributed by atoms with van der Waals surface area (Å²) < 4.78 is 12.0. The number of oxazole rings is 1. The summed E-state index contributed by atoms with van der Waals surface area (Å²) in [7, 11) is 0. The molecule has 218 valence electrons. The first kappa shape index (κ1) is 29.2. The van der Waals surface area contributed by atoms with Crippen molar-refractivity contribution >= 4 is 11.6 Å². The largest absolute Gasteiger partial charge is 0.493 e. The van der Waals surface area contributed by atoms with Crippen molar-refractivity contribution in [3.8, 4) is 17.2 Å². The van der Waals surface area contributed by atoms with Crippen molar-refractivity contribution in [1.29, 1.82) is 0 Å². The molecule has 1 heterocycles. The standard InChI is InChI=1S/C35H35N5O3/c1-25-31(39-35(43-25)28-15-7-3-8-16-28)20-21-42-30-19-11-14-27(22-30)23-32(40(37)24-26-12-5-2-6-13-26)33(36)34(41)38-29-17-9-4-10-18-29/h2-19,22H,20-21,23-24,36-37H2,1H3,(H,38,41)/b33-32-. The molecule has 1 amide bonds. The van der Waals surface area contributed by atoms with E-state index >= 15 is 0 Å². The second-order valence-corrected chi connectivity index (χ2v) is 10.1. The van der Waals surface area contributed by atoms with Gasteiger partial charge in [0.1, 0.15) is 17.2 Å². The topological polar surface area (TPSA) is 120 Å². The fourth-order valence-electron chi connectivity index (χ4n) is 4.65. The van der Waals surface area contributed by atoms with Crippen LogP contribution in [-0.2, 0) is 24.2 Å². The van der Waals surface area contributed by atoms with E-state index in [1.165, 1.54) is 5.01 Å². The highest BCUT2D eigenvalue weighted by atomic mass is 16.5. The Kier molecular flexibility index (Phi) is 9.51. The maximum atomic E-state index is 13.1. The minimum Gasteiger partial charge on any atom is -0.493 e. The number of anilines is 1. The summed E-state index contributed by atoms with van der Waals surface area (Å²) >= 11 is 0. The van der Waals surface area contributed by atoms with Crippen molar-refractivity contribution in [2.45, 2.75) is 26.3 Å². The van der Waals surface area contributed by atoms with Crippen LogP contribution < -0.4 is 21.6 Å². The Balaban J connectivity index is 1.29. The van der Waals surface area contributed by atoms with E-state index in [1.54, 1.807) is 12.1 Å². The molecular weight excluding hydrogens is 538 g/mol. The van der Waals surface area contributed by atoms with Crippen LogP contribution in [0.2, 0.25) is 0 Å². The van der Waals surface area contributed by atoms with Gasteiger partial charge in [-0.15, -0.1) is 0 Å². The molecule has 5 N–H and O–H groups in total. The number of allylic oxidation sites excluding steroid dienone is 1. The average molecular weight is 574 g/mol. The maximum Gasteiger partial charge on any atom is 0.273 e. The van der Waals surface area contributed by atoms with Crippen LogP contribution in [0.25, 0.3) is 11.5 Å². The molecule has 0 aliphatic rings. The van der Waals surface area contributed by atoms with Gasteiger partial charge in [0.2, 0.25) is 5.89 Å². The van der Waals surface area contributed by atoms with Crippen LogP contribution in [0.5, 0.6) is 5.75 Å². The molecule has 0 saturated carbocycles. The molecule has 8 nitrogen and oxygen atoms in total. The Hall–Kier alpha value is -5.34. The van der Waals surface area contributed by atoms with Crippen molar-refractivity contribution in [2.75, 3.05) is 11.9 Å². The number of nitrogens with one attached hydrogen (secondary N) is 1. The van der Waals surface area contributed by atoms with Gasteiger partial charge in [-0.3, -0.25) is 4.79 Å². The van der Waals surface area contributed by atoms with E-state index in [0.29, 0.717) is 49.0 Å². The lowest BCUT2D eigenvalue weighted by Crippen LogP contribution is -2.36. The van der Waals surface area contributed by atoms with Gasteiger partial charge in [0.15, 0.2) is 0 Å². The van der Waals surface area contributed by atoms with Crippen molar-refractivity contribution < 1.29 is 13.9 Å². The van der Waals surface area contributed by atoms with Crippen LogP contribution >= 0.6 is 0 Å². The monoisotopic (exact) mass is 573 g/mol. The molecule has 43 heavy (non-hydrogen) atoms. The predicted octanol–water partition coefficient (Wildman–Crippen LogP) is 6.00. The fraction of sp³-hybridized carbons (Fsp3) is 0.143. The lowest BCUT2D eigenvalue weighted by molar-refractivity contribution is -0.113. The number of rotatable bonds is 12. The van der Waals surface area contributed by atoms with E-state index < -0.39 is 5.91 Å². The number of nitrogens with two attached hydrogens (primary N) is 2. The summed E-state index contributed by atoms with van der Waals surface area (Å²) in [6, 6.07) is 36.5. The Morgan fingerprint density at radius 2 is 1.53 bits per heavy atom. The number of ether oxygens (including phenoxy) is 1. The van der Waals surface area contributed by atoms with Crippen LogP contribution in [0.4, 0.5) is 5.69 Å². The summed E-state index contributed by atoms with van der Waals surface area (Å²) in [5.74, 6) is 8.19. The predicted molar refractivity (Wildman–Crippen MR) is 168 cm³/mol. The number of nitrogens with zero attached hydrogens (tertiary/aromatic N) is 2. The zero-order valence-corrected chi connectivity index (χ0v) is 24.1. The van der Waals surface area contributed by atoms with Gasteiger partial charge >= 0.3 is 0 Å². The van der Waals surface area contributed by atoms with Gasteiger partial charge in [-0.1, -0.05) is 78.9 Å². The molecule has 0 spiro atoms. The third-order valence-corrected chi connectivity index (χ3v) is 6.92. The SMILES string of the molecule is Cc1oc(-c2ccccc2)nc1CCOc1cccc(C/C(=C(/N)C(=O)Nc2ccccc2)N(N)Cc2ccccc2)c1. The molecule has 0 atom stereocenters. The van der Waals surface area contributed by atoms with E-state index in [1.807, 2.05) is 110 Å². The average Bonchev–Trinajstić information content (AvgIpc) is 3.41. The lowest BCUT2D eigenvalue weighted by Gasteiger charge is -2.24. The summed E-state index contributed by atoms with van der Waals surface area (Å²) in [5, 5.41) is 4.38. The van der Waals surface area contributed by atoms with E-state index in [4.69, 9.17) is 20.7 Å². The van der Waals surface area contributed by atoms with Gasteiger partial charge < -0.3 is 25.2 Å². The van der Waals surface area contributed by atoms with Gasteiger partial charge in [0.05, 0.1) is 24.5 Å². The van der Waals surface area contributed by atoms with Crippen molar-refractivity contribution in [3.05, 3.63) is 149 Å². The van der Waals surface area contributed by atoms with Gasteiger partial charge in [-0.25, -0.2) is 10.8 Å². The van der Waals surface area contributed by atoms with Gasteiger partial charge in [-0.05, 0) is 54.4 Å². The highest BCUT2D eigenvalue weighted by Gasteiger charge is 2.18. The molecule has 4 aromatic carbocycles. The number of benzene rings is 4. The van der Waals surface area contributed by atoms with Crippen molar-refractivity contribution in [2.24, 2.45) is 11.6 Å². The molecule has 0 radical (unpaired) electrons. The number of aryl methyl sites for hydroxylation is 1. The van der Waals surface area contributed by atoms with Crippen LogP contribution in [-0.4, -0.2) is 22.5 Å². The summed E-state index contributed by atoms with van der Waals surface area (Å²) in [4.78, 5) is 17.8. The Bertz CT molecular complexity index is 1670. The fourth-order valence-corrected chi connectivity index (χ4v) is 4.65. The molecule has 0 unspecified atom stereocenters. The quantitative estimate of drug-likeness (QED) is 0.0951. The van der Waals surface area contributed by atoms with Crippen molar-refractivity contribution in [1.82, 2.24) is 9.99 Å². The molecule has 0 aliphatic heterocycles. The highest BCUT2D eigenvalue weighted by Crippen LogP contribution is 2.23. The molecule has 0 aliphatic carbocycles. The van der Waals surface area contributed by atoms with E-state index in [-0.39, 0.29) is 5.70 Å². The molecule has 5 rings (SSSR count). The molecule has 1 aromatic heterocycles. The lowest BCUT2D eigenvalue weighted by atomic mass is 10.1. The Morgan fingerprint density at radius 1 is 0.884 bits per heavy atom. The van der Waals surface area contributed by atoms with Gasteiger partial charge in [-0.2, -0.15) is 0 Å². The number of amides is 1. The van der Waals surface area contributed by atoms with E-state index in [2.05, 4.69) is 10.3 Å². The minimum atomic E-state index is -0.421. The van der Waals surface area contributed by atoms with Crippen LogP contribution in [0.15, 0.2) is 131 Å². The number of para-hydroxylation sites is 1. The Labute approximate surface area is 251 Å². The normalized spacial score (nSPS) is 11.5. The molecular formula is C35H35N5O3. The highest BCUT2D eigenvalue weighted by molar-refractivity contribution is 6.03. The Morgan fingerprint density at radius 3 is 2.26 bits per heavy atom. The number of hydrogen-bond donors (Lipinski definition) is 3. The van der Waals surface area contributed by atoms with E-state index in [0.717, 1.165) is 28.1 Å². The summed E-state index contributed by atoms with van der Waals surface area (Å²) in [6.45, 7) is 2.72. The molecule has 8 heteroatoms. The van der Waals surface area contributed by atoms with Crippen molar-refractivity contribution in [3.63, 3.8) is 0 Å². The molecule has 0 bridgehead atoms. The number of carbonyl (C=O) groups is 1. The molecule has 0 saturated heterocycles. The van der Waals surface area contributed by atoms with Gasteiger partial charge in [0.25, 0.3) is 5.91 Å². The second kappa shape index (κ2) is 14.0.